The van der Waals surface area contributed by atoms with Gasteiger partial charge in [0.15, 0.2) is 5.82 Å². The Morgan fingerprint density at radius 3 is 1.33 bits per heavy atom. The maximum atomic E-state index is 5.08. The molecule has 0 radical (unpaired) electrons. The number of hydrogen-bond acceptors (Lipinski definition) is 5. The molecule has 276 valence electrons. The fourth-order valence-electron chi connectivity index (χ4n) is 6.93. The van der Waals surface area contributed by atoms with Crippen LogP contribution in [-0.4, -0.2) is 21.5 Å². The van der Waals surface area contributed by atoms with E-state index in [1.165, 1.54) is 22.3 Å². The maximum absolute atomic E-state index is 5.08. The van der Waals surface area contributed by atoms with Crippen LogP contribution in [0.5, 0.6) is 0 Å². The first-order valence-corrected chi connectivity index (χ1v) is 19.0. The van der Waals surface area contributed by atoms with E-state index in [1.807, 2.05) is 12.4 Å². The van der Waals surface area contributed by atoms with Gasteiger partial charge in [-0.05, 0) is 118 Å². The quantitative estimate of drug-likeness (QED) is 0.165. The highest BCUT2D eigenvalue weighted by Gasteiger charge is 2.26. The molecular weight excluding hydrogens is 635 g/mol. The van der Waals surface area contributed by atoms with Crippen LogP contribution in [0.3, 0.4) is 0 Å². The largest absolute Gasteiger partial charge is 0.297 e. The van der Waals surface area contributed by atoms with E-state index < -0.39 is 0 Å². The summed E-state index contributed by atoms with van der Waals surface area (Å²) in [6.07, 6.45) is 14.6. The molecule has 5 rings (SSSR count). The lowest BCUT2D eigenvalue weighted by atomic mass is 9.88. The Balaban J connectivity index is 1.53. The van der Waals surface area contributed by atoms with E-state index in [9.17, 15) is 0 Å². The molecule has 0 fully saturated rings. The molecule has 4 aromatic rings. The predicted molar refractivity (Wildman–Crippen MR) is 222 cm³/mol. The number of anilines is 4. The van der Waals surface area contributed by atoms with Crippen molar-refractivity contribution < 1.29 is 0 Å². The fraction of sp³-hybridized carbons (Fsp3) is 0.447. The molecule has 2 aromatic heterocycles. The summed E-state index contributed by atoms with van der Waals surface area (Å²) in [5, 5.41) is 4.52. The van der Waals surface area contributed by atoms with Crippen LogP contribution in [0, 0.1) is 21.7 Å². The second-order valence-electron chi connectivity index (χ2n) is 19.6. The van der Waals surface area contributed by atoms with E-state index in [4.69, 9.17) is 9.97 Å². The summed E-state index contributed by atoms with van der Waals surface area (Å²) in [6.45, 7) is 28.0. The highest BCUT2D eigenvalue weighted by molar-refractivity contribution is 5.68. The Labute approximate surface area is 315 Å². The first-order chi connectivity index (χ1) is 24.2. The first kappa shape index (κ1) is 38.8. The summed E-state index contributed by atoms with van der Waals surface area (Å²) in [6, 6.07) is 26.8. The summed E-state index contributed by atoms with van der Waals surface area (Å²) in [5.74, 6) is 1.79. The van der Waals surface area contributed by atoms with Gasteiger partial charge in [-0.3, -0.25) is 9.91 Å². The van der Waals surface area contributed by atoms with Crippen LogP contribution in [0.4, 0.5) is 23.0 Å². The van der Waals surface area contributed by atoms with Gasteiger partial charge in [-0.15, -0.1) is 0 Å². The van der Waals surface area contributed by atoms with Crippen LogP contribution in [0.1, 0.15) is 105 Å². The number of nitrogens with zero attached hydrogens (tertiary/aromatic N) is 5. The molecule has 0 atom stereocenters. The second kappa shape index (κ2) is 15.3. The number of pyridine rings is 2. The summed E-state index contributed by atoms with van der Waals surface area (Å²) in [7, 11) is 0. The van der Waals surface area contributed by atoms with Crippen LogP contribution in [0.25, 0.3) is 0 Å². The smallest absolute Gasteiger partial charge is 0.151 e. The Morgan fingerprint density at radius 2 is 0.904 bits per heavy atom. The molecule has 0 N–H and O–H groups in total. The topological polar surface area (TPSA) is 35.5 Å². The number of hydrogen-bond donors (Lipinski definition) is 0. The van der Waals surface area contributed by atoms with Crippen molar-refractivity contribution in [1.29, 1.82) is 0 Å². The highest BCUT2D eigenvalue weighted by Crippen LogP contribution is 2.35. The first-order valence-electron chi connectivity index (χ1n) is 19.0. The summed E-state index contributed by atoms with van der Waals surface area (Å²) in [4.78, 5) is 12.5. The summed E-state index contributed by atoms with van der Waals surface area (Å²) < 4.78 is 0. The van der Waals surface area contributed by atoms with Gasteiger partial charge in [-0.1, -0.05) is 119 Å². The molecule has 5 nitrogen and oxygen atoms in total. The van der Waals surface area contributed by atoms with E-state index in [0.717, 1.165) is 54.4 Å². The van der Waals surface area contributed by atoms with Gasteiger partial charge >= 0.3 is 0 Å². The Kier molecular flexibility index (Phi) is 11.4. The number of hydrazine groups is 1. The van der Waals surface area contributed by atoms with Crippen LogP contribution in [0.15, 0.2) is 109 Å². The lowest BCUT2D eigenvalue weighted by Gasteiger charge is -2.39. The lowest BCUT2D eigenvalue weighted by Crippen LogP contribution is -2.40. The minimum absolute atomic E-state index is 0.189. The number of rotatable bonds is 10. The summed E-state index contributed by atoms with van der Waals surface area (Å²) in [5.41, 5.74) is 9.27. The molecule has 1 aliphatic heterocycles. The van der Waals surface area contributed by atoms with Crippen molar-refractivity contribution in [2.24, 2.45) is 21.7 Å². The molecule has 5 heteroatoms. The van der Waals surface area contributed by atoms with Gasteiger partial charge in [0.2, 0.25) is 0 Å². The molecule has 0 unspecified atom stereocenters. The minimum atomic E-state index is 0.189. The number of benzene rings is 2. The Bertz CT molecular complexity index is 1690. The number of allylic oxidation sites excluding steroid dienone is 2. The molecule has 0 saturated heterocycles. The predicted octanol–water partition coefficient (Wildman–Crippen LogP) is 12.4. The average molecular weight is 698 g/mol. The van der Waals surface area contributed by atoms with Crippen LogP contribution in [-0.2, 0) is 25.7 Å². The van der Waals surface area contributed by atoms with Crippen LogP contribution in [0.2, 0.25) is 0 Å². The van der Waals surface area contributed by atoms with Crippen molar-refractivity contribution in [1.82, 2.24) is 15.0 Å². The molecule has 3 heterocycles. The highest BCUT2D eigenvalue weighted by atomic mass is 15.6. The Hall–Kier alpha value is -4.38. The standard InChI is InChI=1S/C47H63N5/c1-44(2,3)28-35-15-21-39(22-16-35)51(42-25-19-37(32-48-42)30-46(7,8)9)41-14-13-27-50(34-41)52(40-23-17-36(18-24-40)29-45(4,5)6)43-26-20-38(33-49-43)31-47(10,11)12/h13-27,32-33H,28-31,34H2,1-12H3. The van der Waals surface area contributed by atoms with E-state index in [-0.39, 0.29) is 21.7 Å². The van der Waals surface area contributed by atoms with Crippen molar-refractivity contribution >= 4 is 23.0 Å². The van der Waals surface area contributed by atoms with Crippen molar-refractivity contribution in [2.45, 2.75) is 109 Å². The third-order valence-corrected chi connectivity index (χ3v) is 8.79. The SMILES string of the molecule is CC(C)(C)Cc1ccc(N(C2=CC=CN(N(c3ccc(CC(C)(C)C)cc3)c3ccc(CC(C)(C)C)cn3)C2)c2ccc(CC(C)(C)C)cn2)cc1. The van der Waals surface area contributed by atoms with E-state index in [2.05, 4.69) is 189 Å². The number of aromatic nitrogens is 2. The van der Waals surface area contributed by atoms with E-state index >= 15 is 0 Å². The zero-order chi connectivity index (χ0) is 37.9. The molecule has 1 aliphatic rings. The molecule has 2 aromatic carbocycles. The van der Waals surface area contributed by atoms with Gasteiger partial charge in [0.1, 0.15) is 5.82 Å². The zero-order valence-corrected chi connectivity index (χ0v) is 34.1. The lowest BCUT2D eigenvalue weighted by molar-refractivity contribution is 0.402. The van der Waals surface area contributed by atoms with Gasteiger partial charge in [0.05, 0.1) is 12.2 Å². The molecule has 52 heavy (non-hydrogen) atoms. The van der Waals surface area contributed by atoms with E-state index in [0.29, 0.717) is 6.54 Å². The van der Waals surface area contributed by atoms with Gasteiger partial charge in [0, 0.05) is 30.0 Å². The Morgan fingerprint density at radius 1 is 0.500 bits per heavy atom. The van der Waals surface area contributed by atoms with Crippen molar-refractivity contribution in [3.63, 3.8) is 0 Å². The van der Waals surface area contributed by atoms with Crippen LogP contribution >= 0.6 is 0 Å². The minimum Gasteiger partial charge on any atom is -0.297 e. The third kappa shape index (κ3) is 11.3. The second-order valence-corrected chi connectivity index (χ2v) is 19.6. The van der Waals surface area contributed by atoms with Crippen molar-refractivity contribution in [3.05, 3.63) is 131 Å². The molecule has 0 bridgehead atoms. The molecule has 0 aliphatic carbocycles. The summed E-state index contributed by atoms with van der Waals surface area (Å²) >= 11 is 0. The van der Waals surface area contributed by atoms with Crippen LogP contribution < -0.4 is 9.91 Å². The molecular formula is C47H63N5. The third-order valence-electron chi connectivity index (χ3n) is 8.79. The fourth-order valence-corrected chi connectivity index (χ4v) is 6.93. The average Bonchev–Trinajstić information content (AvgIpc) is 3.02. The van der Waals surface area contributed by atoms with Gasteiger partial charge in [-0.2, -0.15) is 0 Å². The molecule has 0 amide bonds. The van der Waals surface area contributed by atoms with Gasteiger partial charge < -0.3 is 0 Å². The zero-order valence-electron chi connectivity index (χ0n) is 34.1. The normalized spacial score (nSPS) is 14.0. The molecule has 0 spiro atoms. The molecule has 0 saturated carbocycles. The van der Waals surface area contributed by atoms with Crippen molar-refractivity contribution in [3.8, 4) is 0 Å². The van der Waals surface area contributed by atoms with Crippen molar-refractivity contribution in [2.75, 3.05) is 16.5 Å². The van der Waals surface area contributed by atoms with Gasteiger partial charge in [-0.25, -0.2) is 15.0 Å². The van der Waals surface area contributed by atoms with Gasteiger partial charge in [0.25, 0.3) is 0 Å². The van der Waals surface area contributed by atoms with E-state index in [1.54, 1.807) is 0 Å². The monoisotopic (exact) mass is 698 g/mol. The maximum Gasteiger partial charge on any atom is 0.151 e.